The van der Waals surface area contributed by atoms with Gasteiger partial charge in [-0.25, -0.2) is 0 Å². The Balaban J connectivity index is 2.73. The average molecular weight is 245 g/mol. The summed E-state index contributed by atoms with van der Waals surface area (Å²) < 4.78 is 22.8. The quantitative estimate of drug-likeness (QED) is 0.830. The van der Waals surface area contributed by atoms with E-state index in [1.807, 2.05) is 0 Å². The predicted octanol–water partition coefficient (Wildman–Crippen LogP) is 0.629. The molecule has 1 aromatic rings. The standard InChI is InChI=1S/C7H6O2.H2O.O.Zr/c8-7(9)6-4-2-1-3-5-6;;;/h1-5H,(H,8,9);1H2;;/q;;;+2/p-2. The number of carbonyl (C=O) groups is 1. The van der Waals surface area contributed by atoms with Crippen LogP contribution in [0, 0.1) is 0 Å². The van der Waals surface area contributed by atoms with Crippen LogP contribution < -0.4 is 0 Å². The Bertz CT molecular complexity index is 296. The first kappa shape index (κ1) is 9.42. The first-order valence-corrected chi connectivity index (χ1v) is 6.31. The molecule has 0 aliphatic carbocycles. The van der Waals surface area contributed by atoms with Crippen molar-refractivity contribution in [3.05, 3.63) is 35.9 Å². The van der Waals surface area contributed by atoms with Gasteiger partial charge in [0.2, 0.25) is 0 Å². The molecule has 0 aromatic heterocycles. The maximum absolute atomic E-state index is 10.9. The molecule has 0 aliphatic rings. The van der Waals surface area contributed by atoms with Crippen molar-refractivity contribution >= 4 is 5.97 Å². The second-order valence-corrected chi connectivity index (χ2v) is 3.83. The Kier molecular flexibility index (Phi) is 3.44. The molecule has 0 aliphatic heterocycles. The Morgan fingerprint density at radius 2 is 1.92 bits per heavy atom. The van der Waals surface area contributed by atoms with Gasteiger partial charge < -0.3 is 0 Å². The van der Waals surface area contributed by atoms with Crippen LogP contribution in [0.2, 0.25) is 0 Å². The summed E-state index contributed by atoms with van der Waals surface area (Å²) in [6.45, 7) is 0. The fourth-order valence-electron chi connectivity index (χ4n) is 0.712. The van der Waals surface area contributed by atoms with Crippen molar-refractivity contribution in [3.8, 4) is 0 Å². The number of benzene rings is 1. The van der Waals surface area contributed by atoms with Crippen LogP contribution in [0.25, 0.3) is 0 Å². The summed E-state index contributed by atoms with van der Waals surface area (Å²) in [4.78, 5) is 10.9. The summed E-state index contributed by atoms with van der Waals surface area (Å²) in [6.07, 6.45) is 0. The number of carbonyl (C=O) groups excluding carboxylic acids is 1. The van der Waals surface area contributed by atoms with Crippen molar-refractivity contribution in [2.45, 2.75) is 0 Å². The van der Waals surface area contributed by atoms with Crippen molar-refractivity contribution in [2.24, 2.45) is 0 Å². The molecule has 0 spiro atoms. The van der Waals surface area contributed by atoms with Crippen molar-refractivity contribution in [2.75, 3.05) is 0 Å². The van der Waals surface area contributed by atoms with Gasteiger partial charge in [0.25, 0.3) is 0 Å². The minimum atomic E-state index is -3.99. The second kappa shape index (κ2) is 4.38. The van der Waals surface area contributed by atoms with Crippen LogP contribution in [0.4, 0.5) is 0 Å². The van der Waals surface area contributed by atoms with Crippen molar-refractivity contribution < 1.29 is 36.2 Å². The van der Waals surface area contributed by atoms with Crippen molar-refractivity contribution in [1.29, 1.82) is 0 Å². The monoisotopic (exact) mass is 244 g/mol. The van der Waals surface area contributed by atoms with E-state index in [4.69, 9.17) is 3.18 Å². The van der Waals surface area contributed by atoms with Crippen LogP contribution in [0.15, 0.2) is 30.3 Å². The third kappa shape index (κ3) is 2.76. The van der Waals surface area contributed by atoms with Gasteiger partial charge in [0.05, 0.1) is 0 Å². The van der Waals surface area contributed by atoms with Gasteiger partial charge in [-0.05, 0) is 0 Å². The molecule has 0 saturated carbocycles. The molecule has 0 heterocycles. The van der Waals surface area contributed by atoms with Gasteiger partial charge in [-0.1, -0.05) is 0 Å². The molecule has 1 N–H and O–H groups in total. The Morgan fingerprint density at radius 3 is 2.42 bits per heavy atom. The Labute approximate surface area is 78.1 Å². The number of rotatable bonds is 2. The number of hydrogen-bond donors (Lipinski definition) is 1. The fourth-order valence-corrected chi connectivity index (χ4v) is 1.39. The number of hydrogen-bond acceptors (Lipinski definition) is 3. The molecule has 0 bridgehead atoms. The first-order chi connectivity index (χ1) is 5.70. The molecular formula is C7H6O4Zr. The van der Waals surface area contributed by atoms with Crippen LogP contribution >= 0.6 is 0 Å². The summed E-state index contributed by atoms with van der Waals surface area (Å²) in [6, 6.07) is 8.10. The Hall–Kier alpha value is -0.667. The van der Waals surface area contributed by atoms with E-state index < -0.39 is 28.6 Å². The molecule has 0 saturated heterocycles. The van der Waals surface area contributed by atoms with Crippen LogP contribution in [-0.2, 0) is 28.3 Å². The van der Waals surface area contributed by atoms with Gasteiger partial charge in [0.15, 0.2) is 0 Å². The van der Waals surface area contributed by atoms with E-state index in [0.717, 1.165) is 0 Å². The molecule has 1 rings (SSSR count). The van der Waals surface area contributed by atoms with Crippen LogP contribution in [-0.4, -0.2) is 9.15 Å². The summed E-state index contributed by atoms with van der Waals surface area (Å²) in [5.74, 6) is -0.734. The van der Waals surface area contributed by atoms with Crippen LogP contribution in [0.3, 0.4) is 0 Å². The Morgan fingerprint density at radius 1 is 1.33 bits per heavy atom. The molecule has 0 radical (unpaired) electrons. The molecule has 0 atom stereocenters. The maximum atomic E-state index is 10.9. The van der Waals surface area contributed by atoms with E-state index >= 15 is 0 Å². The molecule has 0 amide bonds. The normalized spacial score (nSPS) is 9.08. The zero-order valence-corrected chi connectivity index (χ0v) is 8.52. The van der Waals surface area contributed by atoms with Gasteiger partial charge in [-0.2, -0.15) is 0 Å². The topological polar surface area (TPSA) is 63.6 Å². The predicted molar refractivity (Wildman–Crippen MR) is 34.8 cm³/mol. The third-order valence-electron chi connectivity index (χ3n) is 1.19. The zero-order chi connectivity index (χ0) is 8.97. The molecule has 62 valence electrons. The summed E-state index contributed by atoms with van der Waals surface area (Å²) >= 11 is -3.99. The molecule has 12 heavy (non-hydrogen) atoms. The molecule has 4 nitrogen and oxygen atoms in total. The first-order valence-electron chi connectivity index (χ1n) is 3.20. The van der Waals surface area contributed by atoms with E-state index in [-0.39, 0.29) is 0 Å². The van der Waals surface area contributed by atoms with Gasteiger partial charge in [-0.15, -0.1) is 0 Å². The van der Waals surface area contributed by atoms with Gasteiger partial charge in [-0.3, -0.25) is 0 Å². The van der Waals surface area contributed by atoms with Gasteiger partial charge >= 0.3 is 78.1 Å². The van der Waals surface area contributed by atoms with E-state index in [0.29, 0.717) is 5.56 Å². The summed E-state index contributed by atoms with van der Waals surface area (Å²) in [5, 5.41) is 0. The average Bonchev–Trinajstić information content (AvgIpc) is 2.05. The van der Waals surface area contributed by atoms with Crippen molar-refractivity contribution in [1.82, 2.24) is 0 Å². The molecule has 1 aromatic carbocycles. The second-order valence-electron chi connectivity index (χ2n) is 2.02. The molecule has 0 unspecified atom stereocenters. The third-order valence-corrected chi connectivity index (χ3v) is 2.07. The van der Waals surface area contributed by atoms with Crippen molar-refractivity contribution in [3.63, 3.8) is 0 Å². The molecule has 5 heteroatoms. The molecular weight excluding hydrogens is 239 g/mol. The zero-order valence-electron chi connectivity index (χ0n) is 6.06. The van der Waals surface area contributed by atoms with Crippen LogP contribution in [0.5, 0.6) is 0 Å². The minimum absolute atomic E-state index is 0.292. The summed E-state index contributed by atoms with van der Waals surface area (Å²) in [5.41, 5.74) is 0.292. The van der Waals surface area contributed by atoms with Gasteiger partial charge in [0.1, 0.15) is 0 Å². The SMILES string of the molecule is O=C([O][Zr](=[O])[OH])c1ccccc1. The summed E-state index contributed by atoms with van der Waals surface area (Å²) in [7, 11) is 0. The van der Waals surface area contributed by atoms with Gasteiger partial charge in [0, 0.05) is 0 Å². The molecule has 0 fully saturated rings. The van der Waals surface area contributed by atoms with Crippen LogP contribution in [0.1, 0.15) is 10.4 Å². The van der Waals surface area contributed by atoms with E-state index in [9.17, 15) is 7.61 Å². The van der Waals surface area contributed by atoms with E-state index in [1.54, 1.807) is 18.2 Å². The fraction of sp³-hybridized carbons (Fsp3) is 0. The van der Waals surface area contributed by atoms with E-state index in [1.165, 1.54) is 12.1 Å². The van der Waals surface area contributed by atoms with E-state index in [2.05, 4.69) is 2.81 Å².